The van der Waals surface area contributed by atoms with Gasteiger partial charge >= 0.3 is 0 Å². The third-order valence-corrected chi connectivity index (χ3v) is 1.89. The normalized spacial score (nSPS) is 12.3. The SMILES string of the molecule is COc1ncnc(NC(C)CO)c1C. The van der Waals surface area contributed by atoms with Crippen LogP contribution in [0, 0.1) is 6.92 Å². The molecule has 1 atom stereocenters. The summed E-state index contributed by atoms with van der Waals surface area (Å²) in [5.74, 6) is 1.24. The molecule has 0 aliphatic carbocycles. The van der Waals surface area contributed by atoms with Gasteiger partial charge in [0.2, 0.25) is 5.88 Å². The van der Waals surface area contributed by atoms with Crippen molar-refractivity contribution in [3.63, 3.8) is 0 Å². The Morgan fingerprint density at radius 3 is 2.86 bits per heavy atom. The number of rotatable bonds is 4. The Labute approximate surface area is 83.2 Å². The van der Waals surface area contributed by atoms with E-state index in [1.54, 1.807) is 7.11 Å². The van der Waals surface area contributed by atoms with Gasteiger partial charge in [-0.05, 0) is 13.8 Å². The van der Waals surface area contributed by atoms with Gasteiger partial charge in [-0.3, -0.25) is 0 Å². The minimum Gasteiger partial charge on any atom is -0.481 e. The number of anilines is 1. The van der Waals surface area contributed by atoms with Crippen molar-refractivity contribution < 1.29 is 9.84 Å². The molecule has 0 saturated carbocycles. The minimum absolute atomic E-state index is 0.0340. The average molecular weight is 197 g/mol. The molecule has 0 bridgehead atoms. The quantitative estimate of drug-likeness (QED) is 0.739. The van der Waals surface area contributed by atoms with E-state index in [1.807, 2.05) is 13.8 Å². The van der Waals surface area contributed by atoms with Gasteiger partial charge < -0.3 is 15.2 Å². The van der Waals surface area contributed by atoms with Crippen LogP contribution >= 0.6 is 0 Å². The molecule has 5 nitrogen and oxygen atoms in total. The van der Waals surface area contributed by atoms with Crippen molar-refractivity contribution in [3.8, 4) is 5.88 Å². The summed E-state index contributed by atoms with van der Waals surface area (Å²) in [7, 11) is 1.56. The second-order valence-electron chi connectivity index (χ2n) is 3.08. The van der Waals surface area contributed by atoms with E-state index in [2.05, 4.69) is 15.3 Å². The molecule has 1 unspecified atom stereocenters. The topological polar surface area (TPSA) is 67.3 Å². The van der Waals surface area contributed by atoms with Gasteiger partial charge in [0.25, 0.3) is 0 Å². The van der Waals surface area contributed by atoms with Crippen LogP contribution in [0.25, 0.3) is 0 Å². The second-order valence-corrected chi connectivity index (χ2v) is 3.08. The first-order valence-corrected chi connectivity index (χ1v) is 4.42. The summed E-state index contributed by atoms with van der Waals surface area (Å²) >= 11 is 0. The first-order valence-electron chi connectivity index (χ1n) is 4.42. The van der Waals surface area contributed by atoms with Crippen molar-refractivity contribution in [3.05, 3.63) is 11.9 Å². The molecule has 5 heteroatoms. The highest BCUT2D eigenvalue weighted by Gasteiger charge is 2.08. The van der Waals surface area contributed by atoms with Crippen molar-refractivity contribution in [2.75, 3.05) is 19.0 Å². The van der Waals surface area contributed by atoms with Crippen LogP contribution in [0.3, 0.4) is 0 Å². The monoisotopic (exact) mass is 197 g/mol. The lowest BCUT2D eigenvalue weighted by Gasteiger charge is -2.14. The Balaban J connectivity index is 2.86. The molecule has 0 aliphatic heterocycles. The van der Waals surface area contributed by atoms with Gasteiger partial charge in [-0.15, -0.1) is 0 Å². The maximum absolute atomic E-state index is 8.88. The standard InChI is InChI=1S/C9H15N3O2/c1-6(4-13)12-8-7(2)9(14-3)11-5-10-8/h5-6,13H,4H2,1-3H3,(H,10,11,12). The van der Waals surface area contributed by atoms with Gasteiger partial charge in [0.05, 0.1) is 19.3 Å². The summed E-state index contributed by atoms with van der Waals surface area (Å²) in [5, 5.41) is 11.9. The van der Waals surface area contributed by atoms with Gasteiger partial charge in [0.1, 0.15) is 12.1 Å². The zero-order valence-electron chi connectivity index (χ0n) is 8.61. The summed E-state index contributed by atoms with van der Waals surface area (Å²) in [6.45, 7) is 3.80. The van der Waals surface area contributed by atoms with Crippen LogP contribution in [0.1, 0.15) is 12.5 Å². The fraction of sp³-hybridized carbons (Fsp3) is 0.556. The van der Waals surface area contributed by atoms with Crippen molar-refractivity contribution in [1.82, 2.24) is 9.97 Å². The molecule has 0 radical (unpaired) electrons. The van der Waals surface area contributed by atoms with E-state index >= 15 is 0 Å². The number of nitrogens with zero attached hydrogens (tertiary/aromatic N) is 2. The van der Waals surface area contributed by atoms with E-state index in [9.17, 15) is 0 Å². The summed E-state index contributed by atoms with van der Waals surface area (Å²) in [4.78, 5) is 8.02. The molecule has 0 spiro atoms. The van der Waals surface area contributed by atoms with Gasteiger partial charge in [-0.25, -0.2) is 9.97 Å². The number of aliphatic hydroxyl groups is 1. The predicted octanol–water partition coefficient (Wildman–Crippen LogP) is 0.586. The van der Waals surface area contributed by atoms with E-state index < -0.39 is 0 Å². The number of hydrogen-bond acceptors (Lipinski definition) is 5. The minimum atomic E-state index is -0.0340. The van der Waals surface area contributed by atoms with Crippen LogP contribution < -0.4 is 10.1 Å². The van der Waals surface area contributed by atoms with Crippen molar-refractivity contribution in [2.45, 2.75) is 19.9 Å². The lowest BCUT2D eigenvalue weighted by Crippen LogP contribution is -2.20. The highest BCUT2D eigenvalue weighted by molar-refractivity contribution is 5.48. The summed E-state index contributed by atoms with van der Waals surface area (Å²) < 4.78 is 5.05. The zero-order valence-corrected chi connectivity index (χ0v) is 8.61. The fourth-order valence-corrected chi connectivity index (χ4v) is 1.06. The summed E-state index contributed by atoms with van der Waals surface area (Å²) in [6, 6.07) is -0.0340. The first kappa shape index (κ1) is 10.7. The Morgan fingerprint density at radius 2 is 2.29 bits per heavy atom. The number of methoxy groups -OCH3 is 1. The smallest absolute Gasteiger partial charge is 0.221 e. The molecule has 0 saturated heterocycles. The second kappa shape index (κ2) is 4.76. The number of aromatic nitrogens is 2. The number of nitrogens with one attached hydrogen (secondary N) is 1. The lowest BCUT2D eigenvalue weighted by atomic mass is 10.3. The summed E-state index contributed by atoms with van der Waals surface area (Å²) in [5.41, 5.74) is 0.843. The van der Waals surface area contributed by atoms with Gasteiger partial charge in [0, 0.05) is 6.04 Å². The largest absolute Gasteiger partial charge is 0.481 e. The van der Waals surface area contributed by atoms with Gasteiger partial charge in [0.15, 0.2) is 0 Å². The highest BCUT2D eigenvalue weighted by Crippen LogP contribution is 2.19. The summed E-state index contributed by atoms with van der Waals surface area (Å²) in [6.07, 6.45) is 1.43. The first-order chi connectivity index (χ1) is 6.69. The van der Waals surface area contributed by atoms with Crippen LogP contribution in [0.2, 0.25) is 0 Å². The number of aliphatic hydroxyl groups excluding tert-OH is 1. The predicted molar refractivity (Wildman–Crippen MR) is 53.5 cm³/mol. The molecule has 0 fully saturated rings. The molecular formula is C9H15N3O2. The Morgan fingerprint density at radius 1 is 1.57 bits per heavy atom. The van der Waals surface area contributed by atoms with Gasteiger partial charge in [-0.2, -0.15) is 0 Å². The molecule has 1 rings (SSSR count). The molecule has 1 aromatic heterocycles. The van der Waals surface area contributed by atoms with E-state index in [0.29, 0.717) is 11.7 Å². The number of ether oxygens (including phenoxy) is 1. The highest BCUT2D eigenvalue weighted by atomic mass is 16.5. The van der Waals surface area contributed by atoms with Gasteiger partial charge in [-0.1, -0.05) is 0 Å². The van der Waals surface area contributed by atoms with Crippen LogP contribution in [0.15, 0.2) is 6.33 Å². The molecule has 0 amide bonds. The Bertz CT molecular complexity index is 304. The third kappa shape index (κ3) is 2.32. The van der Waals surface area contributed by atoms with E-state index in [-0.39, 0.29) is 12.6 Å². The molecular weight excluding hydrogens is 182 g/mol. The zero-order chi connectivity index (χ0) is 10.6. The maximum Gasteiger partial charge on any atom is 0.221 e. The van der Waals surface area contributed by atoms with Crippen molar-refractivity contribution >= 4 is 5.82 Å². The molecule has 1 aromatic rings. The van der Waals surface area contributed by atoms with Crippen molar-refractivity contribution in [2.24, 2.45) is 0 Å². The van der Waals surface area contributed by atoms with E-state index in [4.69, 9.17) is 9.84 Å². The molecule has 0 aromatic carbocycles. The molecule has 2 N–H and O–H groups in total. The Kier molecular flexibility index (Phi) is 3.64. The molecule has 1 heterocycles. The fourth-order valence-electron chi connectivity index (χ4n) is 1.06. The van der Waals surface area contributed by atoms with Crippen LogP contribution in [0.5, 0.6) is 5.88 Å². The maximum atomic E-state index is 8.88. The van der Waals surface area contributed by atoms with Crippen LogP contribution in [0.4, 0.5) is 5.82 Å². The average Bonchev–Trinajstić information content (AvgIpc) is 2.21. The molecule has 78 valence electrons. The molecule has 0 aliphatic rings. The van der Waals surface area contributed by atoms with E-state index in [0.717, 1.165) is 5.56 Å². The molecule has 14 heavy (non-hydrogen) atoms. The number of hydrogen-bond donors (Lipinski definition) is 2. The third-order valence-electron chi connectivity index (χ3n) is 1.89. The van der Waals surface area contributed by atoms with E-state index in [1.165, 1.54) is 6.33 Å². The van der Waals surface area contributed by atoms with Crippen LogP contribution in [-0.2, 0) is 0 Å². The Hall–Kier alpha value is -1.36. The lowest BCUT2D eigenvalue weighted by molar-refractivity contribution is 0.281. The van der Waals surface area contributed by atoms with Crippen LogP contribution in [-0.4, -0.2) is 34.8 Å². The van der Waals surface area contributed by atoms with Crippen molar-refractivity contribution in [1.29, 1.82) is 0 Å².